The van der Waals surface area contributed by atoms with Crippen LogP contribution in [0, 0.1) is 0 Å². The number of ether oxygens (including phenoxy) is 1. The van der Waals surface area contributed by atoms with Crippen molar-refractivity contribution >= 4 is 0 Å². The highest BCUT2D eigenvalue weighted by Crippen LogP contribution is 2.26. The van der Waals surface area contributed by atoms with E-state index in [0.717, 1.165) is 19.6 Å². The summed E-state index contributed by atoms with van der Waals surface area (Å²) in [6, 6.07) is 7.73. The van der Waals surface area contributed by atoms with Crippen LogP contribution < -0.4 is 5.73 Å². The van der Waals surface area contributed by atoms with Gasteiger partial charge in [-0.05, 0) is 61.8 Å². The standard InChI is InChI=1S/C18H26N2O/c19-17(18-11-20-8-2-5-16(20)12-21-18)10-13-6-7-14-3-1-4-15(14)9-13/h6-7,9,16-18H,1-5,8,10-12,19H2. The zero-order valence-corrected chi connectivity index (χ0v) is 12.8. The van der Waals surface area contributed by atoms with E-state index in [0.29, 0.717) is 6.04 Å². The lowest BCUT2D eigenvalue weighted by Gasteiger charge is -2.37. The number of nitrogens with two attached hydrogens (primary N) is 1. The maximum atomic E-state index is 6.46. The molecule has 3 atom stereocenters. The fourth-order valence-electron chi connectivity index (χ4n) is 4.26. The SMILES string of the molecule is NC(Cc1ccc2c(c1)CCC2)C1CN2CCCC2CO1. The molecule has 1 aliphatic carbocycles. The Morgan fingerprint density at radius 2 is 2.14 bits per heavy atom. The number of benzene rings is 1. The Hall–Kier alpha value is -0.900. The Kier molecular flexibility index (Phi) is 3.74. The van der Waals surface area contributed by atoms with Gasteiger partial charge in [0.15, 0.2) is 0 Å². The average Bonchev–Trinajstić information content (AvgIpc) is 3.14. The van der Waals surface area contributed by atoms with Crippen LogP contribution in [0.15, 0.2) is 18.2 Å². The maximum Gasteiger partial charge on any atom is 0.0856 e. The number of hydrogen-bond acceptors (Lipinski definition) is 3. The molecule has 2 fully saturated rings. The number of aryl methyl sites for hydroxylation is 2. The number of rotatable bonds is 3. The first-order chi connectivity index (χ1) is 10.3. The van der Waals surface area contributed by atoms with Gasteiger partial charge in [-0.2, -0.15) is 0 Å². The van der Waals surface area contributed by atoms with E-state index in [1.54, 1.807) is 11.1 Å². The second-order valence-electron chi connectivity index (χ2n) is 6.99. The third-order valence-corrected chi connectivity index (χ3v) is 5.53. The third kappa shape index (κ3) is 2.75. The number of morpholine rings is 1. The summed E-state index contributed by atoms with van der Waals surface area (Å²) in [6.45, 7) is 3.13. The lowest BCUT2D eigenvalue weighted by Crippen LogP contribution is -2.53. The molecular formula is C18H26N2O. The molecule has 1 aromatic carbocycles. The van der Waals surface area contributed by atoms with E-state index in [-0.39, 0.29) is 12.1 Å². The molecule has 0 amide bonds. The van der Waals surface area contributed by atoms with Crippen LogP contribution in [0.2, 0.25) is 0 Å². The molecule has 0 radical (unpaired) electrons. The van der Waals surface area contributed by atoms with E-state index in [1.165, 1.54) is 44.2 Å². The van der Waals surface area contributed by atoms with E-state index < -0.39 is 0 Å². The normalized spacial score (nSPS) is 30.1. The number of hydrogen-bond donors (Lipinski definition) is 1. The van der Waals surface area contributed by atoms with Crippen LogP contribution in [0.1, 0.15) is 36.0 Å². The van der Waals surface area contributed by atoms with E-state index in [9.17, 15) is 0 Å². The molecule has 114 valence electrons. The van der Waals surface area contributed by atoms with Gasteiger partial charge in [-0.1, -0.05) is 18.2 Å². The van der Waals surface area contributed by atoms with Gasteiger partial charge in [0.25, 0.3) is 0 Å². The Labute approximate surface area is 127 Å². The first kappa shape index (κ1) is 13.7. The molecule has 2 saturated heterocycles. The second kappa shape index (κ2) is 5.71. The third-order valence-electron chi connectivity index (χ3n) is 5.53. The average molecular weight is 286 g/mol. The molecule has 0 bridgehead atoms. The predicted octanol–water partition coefficient (Wildman–Crippen LogP) is 1.91. The van der Waals surface area contributed by atoms with Crippen LogP contribution in [0.25, 0.3) is 0 Å². The van der Waals surface area contributed by atoms with Crippen molar-refractivity contribution in [1.29, 1.82) is 0 Å². The van der Waals surface area contributed by atoms with E-state index in [4.69, 9.17) is 10.5 Å². The van der Waals surface area contributed by atoms with Crippen LogP contribution >= 0.6 is 0 Å². The van der Waals surface area contributed by atoms with E-state index in [1.807, 2.05) is 0 Å². The lowest BCUT2D eigenvalue weighted by atomic mass is 9.97. The van der Waals surface area contributed by atoms with E-state index in [2.05, 4.69) is 23.1 Å². The predicted molar refractivity (Wildman–Crippen MR) is 84.5 cm³/mol. The molecule has 3 unspecified atom stereocenters. The number of nitrogens with zero attached hydrogens (tertiary/aromatic N) is 1. The second-order valence-corrected chi connectivity index (χ2v) is 6.99. The Morgan fingerprint density at radius 3 is 3.10 bits per heavy atom. The van der Waals surface area contributed by atoms with Crippen molar-refractivity contribution in [2.75, 3.05) is 19.7 Å². The molecule has 2 N–H and O–H groups in total. The Bertz CT molecular complexity index is 516. The maximum absolute atomic E-state index is 6.46. The lowest BCUT2D eigenvalue weighted by molar-refractivity contribution is -0.0589. The van der Waals surface area contributed by atoms with Gasteiger partial charge in [0.1, 0.15) is 0 Å². The van der Waals surface area contributed by atoms with Gasteiger partial charge in [0, 0.05) is 18.6 Å². The van der Waals surface area contributed by atoms with Gasteiger partial charge in [-0.3, -0.25) is 4.90 Å². The first-order valence-corrected chi connectivity index (χ1v) is 8.51. The molecule has 3 nitrogen and oxygen atoms in total. The monoisotopic (exact) mass is 286 g/mol. The van der Waals surface area contributed by atoms with Crippen LogP contribution in [-0.4, -0.2) is 42.8 Å². The summed E-state index contributed by atoms with van der Waals surface area (Å²) in [5.74, 6) is 0. The van der Waals surface area contributed by atoms with Crippen molar-refractivity contribution in [3.8, 4) is 0 Å². The molecule has 0 spiro atoms. The molecule has 2 heterocycles. The minimum absolute atomic E-state index is 0.117. The summed E-state index contributed by atoms with van der Waals surface area (Å²) < 4.78 is 6.05. The minimum Gasteiger partial charge on any atom is -0.374 e. The zero-order valence-electron chi connectivity index (χ0n) is 12.8. The molecule has 2 aliphatic heterocycles. The molecule has 0 aromatic heterocycles. The summed E-state index contributed by atoms with van der Waals surface area (Å²) in [4.78, 5) is 2.58. The zero-order chi connectivity index (χ0) is 14.2. The highest BCUT2D eigenvalue weighted by Gasteiger charge is 2.34. The van der Waals surface area contributed by atoms with Crippen molar-refractivity contribution in [3.63, 3.8) is 0 Å². The van der Waals surface area contributed by atoms with Crippen LogP contribution in [0.4, 0.5) is 0 Å². The first-order valence-electron chi connectivity index (χ1n) is 8.51. The fourth-order valence-corrected chi connectivity index (χ4v) is 4.26. The fraction of sp³-hybridized carbons (Fsp3) is 0.667. The van der Waals surface area contributed by atoms with Gasteiger partial charge in [-0.25, -0.2) is 0 Å². The summed E-state index contributed by atoms with van der Waals surface area (Å²) in [5.41, 5.74) is 10.9. The highest BCUT2D eigenvalue weighted by molar-refractivity contribution is 5.35. The quantitative estimate of drug-likeness (QED) is 0.922. The topological polar surface area (TPSA) is 38.5 Å². The summed E-state index contributed by atoms with van der Waals surface area (Å²) >= 11 is 0. The van der Waals surface area contributed by atoms with E-state index >= 15 is 0 Å². The van der Waals surface area contributed by atoms with Crippen molar-refractivity contribution in [2.45, 2.75) is 56.7 Å². The van der Waals surface area contributed by atoms with Crippen LogP contribution in [0.3, 0.4) is 0 Å². The van der Waals surface area contributed by atoms with Crippen LogP contribution in [0.5, 0.6) is 0 Å². The van der Waals surface area contributed by atoms with Crippen molar-refractivity contribution in [1.82, 2.24) is 4.90 Å². The van der Waals surface area contributed by atoms with Gasteiger partial charge >= 0.3 is 0 Å². The van der Waals surface area contributed by atoms with Crippen LogP contribution in [-0.2, 0) is 24.0 Å². The van der Waals surface area contributed by atoms with Gasteiger partial charge < -0.3 is 10.5 Å². The summed E-state index contributed by atoms with van der Waals surface area (Å²) in [7, 11) is 0. The molecule has 0 saturated carbocycles. The van der Waals surface area contributed by atoms with Gasteiger partial charge in [-0.15, -0.1) is 0 Å². The summed E-state index contributed by atoms with van der Waals surface area (Å²) in [6.07, 6.45) is 7.57. The van der Waals surface area contributed by atoms with Gasteiger partial charge in [0.05, 0.1) is 12.7 Å². The molecule has 21 heavy (non-hydrogen) atoms. The molecule has 4 rings (SSSR count). The Morgan fingerprint density at radius 1 is 1.24 bits per heavy atom. The van der Waals surface area contributed by atoms with Crippen molar-refractivity contribution < 1.29 is 4.74 Å². The number of fused-ring (bicyclic) bond motifs is 2. The minimum atomic E-state index is 0.117. The van der Waals surface area contributed by atoms with Crippen molar-refractivity contribution in [2.24, 2.45) is 5.73 Å². The highest BCUT2D eigenvalue weighted by atomic mass is 16.5. The molecular weight excluding hydrogens is 260 g/mol. The molecule has 3 aliphatic rings. The molecule has 3 heteroatoms. The van der Waals surface area contributed by atoms with Crippen molar-refractivity contribution in [3.05, 3.63) is 34.9 Å². The Balaban J connectivity index is 1.40. The summed E-state index contributed by atoms with van der Waals surface area (Å²) in [5, 5.41) is 0. The largest absolute Gasteiger partial charge is 0.374 e. The molecule has 1 aromatic rings. The smallest absolute Gasteiger partial charge is 0.0856 e. The van der Waals surface area contributed by atoms with Gasteiger partial charge in [0.2, 0.25) is 0 Å².